The fraction of sp³-hybridized carbons (Fsp3) is 0.500. The maximum absolute atomic E-state index is 11.8. The van der Waals surface area contributed by atoms with Gasteiger partial charge in [0.1, 0.15) is 0 Å². The van der Waals surface area contributed by atoms with Crippen molar-refractivity contribution in [2.75, 3.05) is 0 Å². The molecule has 1 atom stereocenters. The van der Waals surface area contributed by atoms with Gasteiger partial charge in [0.05, 0.1) is 6.04 Å². The molecule has 0 fully saturated rings. The molecule has 1 unspecified atom stereocenters. The zero-order valence-electron chi connectivity index (χ0n) is 9.53. The zero-order valence-corrected chi connectivity index (χ0v) is 9.53. The van der Waals surface area contributed by atoms with E-state index in [9.17, 15) is 4.79 Å². The minimum absolute atomic E-state index is 0.0892. The summed E-state index contributed by atoms with van der Waals surface area (Å²) in [4.78, 5) is 15.8. The number of nitrogens with two attached hydrogens (primary N) is 1. The van der Waals surface area contributed by atoms with E-state index in [1.165, 1.54) is 0 Å². The van der Waals surface area contributed by atoms with Crippen molar-refractivity contribution in [3.8, 4) is 0 Å². The smallest absolute Gasteiger partial charge is 0.155 e. The van der Waals surface area contributed by atoms with Crippen LogP contribution in [0.2, 0.25) is 0 Å². The molecule has 0 spiro atoms. The first-order valence-electron chi connectivity index (χ1n) is 5.10. The highest BCUT2D eigenvalue weighted by atomic mass is 16.1. The predicted octanol–water partition coefficient (Wildman–Crippen LogP) is 1.57. The molecule has 82 valence electrons. The van der Waals surface area contributed by atoms with Gasteiger partial charge in [-0.05, 0) is 18.1 Å². The molecule has 0 saturated heterocycles. The summed E-state index contributed by atoms with van der Waals surface area (Å²) in [5.41, 5.74) is 6.49. The minimum atomic E-state index is -0.436. The van der Waals surface area contributed by atoms with Crippen LogP contribution in [0.25, 0.3) is 0 Å². The minimum Gasteiger partial charge on any atom is -0.321 e. The van der Waals surface area contributed by atoms with E-state index in [2.05, 4.69) is 4.98 Å². The fourth-order valence-corrected chi connectivity index (χ4v) is 1.42. The number of nitrogens with zero attached hydrogens (tertiary/aromatic N) is 1. The third kappa shape index (κ3) is 3.44. The van der Waals surface area contributed by atoms with Gasteiger partial charge < -0.3 is 5.73 Å². The van der Waals surface area contributed by atoms with E-state index in [1.807, 2.05) is 32.9 Å². The number of carbonyl (C=O) groups is 1. The average Bonchev–Trinajstić information content (AvgIpc) is 2.16. The van der Waals surface area contributed by atoms with Crippen LogP contribution < -0.4 is 5.73 Å². The summed E-state index contributed by atoms with van der Waals surface area (Å²) in [5, 5.41) is 0. The maximum Gasteiger partial charge on any atom is 0.155 e. The molecule has 1 heterocycles. The lowest BCUT2D eigenvalue weighted by Crippen LogP contribution is -2.40. The van der Waals surface area contributed by atoms with Gasteiger partial charge in [0.2, 0.25) is 0 Å². The van der Waals surface area contributed by atoms with E-state index in [4.69, 9.17) is 5.73 Å². The van der Waals surface area contributed by atoms with Crippen LogP contribution >= 0.6 is 0 Å². The van der Waals surface area contributed by atoms with Gasteiger partial charge in [0.25, 0.3) is 0 Å². The molecule has 2 N–H and O–H groups in total. The van der Waals surface area contributed by atoms with Crippen molar-refractivity contribution in [3.63, 3.8) is 0 Å². The van der Waals surface area contributed by atoms with Crippen LogP contribution in [-0.2, 0) is 11.2 Å². The molecule has 1 aromatic heterocycles. The molecule has 0 aliphatic carbocycles. The second-order valence-electron chi connectivity index (χ2n) is 4.79. The van der Waals surface area contributed by atoms with Crippen molar-refractivity contribution in [2.45, 2.75) is 33.2 Å². The SMILES string of the molecule is CC(C)(C)C(=O)C(N)Cc1cccnc1. The Kier molecular flexibility index (Phi) is 3.58. The third-order valence-electron chi connectivity index (χ3n) is 2.25. The van der Waals surface area contributed by atoms with Gasteiger partial charge in [-0.25, -0.2) is 0 Å². The Labute approximate surface area is 90.7 Å². The van der Waals surface area contributed by atoms with Crippen molar-refractivity contribution >= 4 is 5.78 Å². The Morgan fingerprint density at radius 2 is 2.20 bits per heavy atom. The molecule has 0 saturated carbocycles. The van der Waals surface area contributed by atoms with Gasteiger partial charge in [-0.3, -0.25) is 9.78 Å². The van der Waals surface area contributed by atoms with Crippen molar-refractivity contribution in [2.24, 2.45) is 11.1 Å². The standard InChI is InChI=1S/C12H18N2O/c1-12(2,3)11(15)10(13)7-9-5-4-6-14-8-9/h4-6,8,10H,7,13H2,1-3H3. The van der Waals surface area contributed by atoms with Crippen molar-refractivity contribution in [3.05, 3.63) is 30.1 Å². The number of Topliss-reactive ketones (excluding diaryl/α,β-unsaturated/α-hetero) is 1. The third-order valence-corrected chi connectivity index (χ3v) is 2.25. The highest BCUT2D eigenvalue weighted by Crippen LogP contribution is 2.17. The largest absolute Gasteiger partial charge is 0.321 e. The van der Waals surface area contributed by atoms with Crippen molar-refractivity contribution in [1.29, 1.82) is 0 Å². The van der Waals surface area contributed by atoms with Crippen LogP contribution in [0.4, 0.5) is 0 Å². The van der Waals surface area contributed by atoms with Crippen LogP contribution in [-0.4, -0.2) is 16.8 Å². The molecule has 3 heteroatoms. The van der Waals surface area contributed by atoms with Gasteiger partial charge in [-0.1, -0.05) is 26.8 Å². The maximum atomic E-state index is 11.8. The van der Waals surface area contributed by atoms with Gasteiger partial charge in [0.15, 0.2) is 5.78 Å². The lowest BCUT2D eigenvalue weighted by Gasteiger charge is -2.21. The monoisotopic (exact) mass is 206 g/mol. The molecule has 1 rings (SSSR count). The van der Waals surface area contributed by atoms with Crippen LogP contribution in [0.1, 0.15) is 26.3 Å². The summed E-state index contributed by atoms with van der Waals surface area (Å²) in [7, 11) is 0. The number of hydrogen-bond acceptors (Lipinski definition) is 3. The normalized spacial score (nSPS) is 13.6. The Balaban J connectivity index is 2.65. The lowest BCUT2D eigenvalue weighted by atomic mass is 9.85. The lowest BCUT2D eigenvalue weighted by molar-refractivity contribution is -0.127. The molecule has 3 nitrogen and oxygen atoms in total. The topological polar surface area (TPSA) is 56.0 Å². The number of aromatic nitrogens is 1. The van der Waals surface area contributed by atoms with Gasteiger partial charge in [-0.2, -0.15) is 0 Å². The number of carbonyl (C=O) groups excluding carboxylic acids is 1. The number of ketones is 1. The molecule has 0 aromatic carbocycles. The summed E-state index contributed by atoms with van der Waals surface area (Å²) in [6.45, 7) is 5.66. The Morgan fingerprint density at radius 3 is 2.67 bits per heavy atom. The molecular weight excluding hydrogens is 188 g/mol. The van der Waals surface area contributed by atoms with E-state index >= 15 is 0 Å². The summed E-state index contributed by atoms with van der Waals surface area (Å²) in [6.07, 6.45) is 4.01. The second kappa shape index (κ2) is 4.53. The van der Waals surface area contributed by atoms with Gasteiger partial charge >= 0.3 is 0 Å². The predicted molar refractivity (Wildman–Crippen MR) is 60.4 cm³/mol. The van der Waals surface area contributed by atoms with E-state index < -0.39 is 6.04 Å². The summed E-state index contributed by atoms with van der Waals surface area (Å²) in [5.74, 6) is 0.0892. The first-order chi connectivity index (χ1) is 6.91. The second-order valence-corrected chi connectivity index (χ2v) is 4.79. The Morgan fingerprint density at radius 1 is 1.53 bits per heavy atom. The zero-order chi connectivity index (χ0) is 11.5. The van der Waals surface area contributed by atoms with Crippen molar-refractivity contribution in [1.82, 2.24) is 4.98 Å². The van der Waals surface area contributed by atoms with Crippen LogP contribution in [0.15, 0.2) is 24.5 Å². The molecule has 0 aliphatic heterocycles. The molecule has 15 heavy (non-hydrogen) atoms. The van der Waals surface area contributed by atoms with E-state index in [-0.39, 0.29) is 11.2 Å². The first-order valence-corrected chi connectivity index (χ1v) is 5.10. The van der Waals surface area contributed by atoms with Crippen LogP contribution in [0.5, 0.6) is 0 Å². The van der Waals surface area contributed by atoms with E-state index in [1.54, 1.807) is 12.4 Å². The number of hydrogen-bond donors (Lipinski definition) is 1. The molecule has 0 amide bonds. The Bertz CT molecular complexity index is 327. The van der Waals surface area contributed by atoms with E-state index in [0.29, 0.717) is 6.42 Å². The van der Waals surface area contributed by atoms with Crippen molar-refractivity contribution < 1.29 is 4.79 Å². The van der Waals surface area contributed by atoms with Gasteiger partial charge in [-0.15, -0.1) is 0 Å². The molecule has 0 bridgehead atoms. The average molecular weight is 206 g/mol. The fourth-order valence-electron chi connectivity index (χ4n) is 1.42. The quantitative estimate of drug-likeness (QED) is 0.816. The molecule has 0 radical (unpaired) electrons. The Hall–Kier alpha value is -1.22. The molecule has 0 aliphatic rings. The number of pyridine rings is 1. The summed E-state index contributed by atoms with van der Waals surface area (Å²) < 4.78 is 0. The highest BCUT2D eigenvalue weighted by Gasteiger charge is 2.26. The molecule has 1 aromatic rings. The van der Waals surface area contributed by atoms with Gasteiger partial charge in [0, 0.05) is 17.8 Å². The first kappa shape index (κ1) is 11.9. The van der Waals surface area contributed by atoms with Crippen LogP contribution in [0, 0.1) is 5.41 Å². The van der Waals surface area contributed by atoms with Crippen LogP contribution in [0.3, 0.4) is 0 Å². The summed E-state index contributed by atoms with van der Waals surface area (Å²) in [6, 6.07) is 3.35. The number of rotatable bonds is 3. The summed E-state index contributed by atoms with van der Waals surface area (Å²) >= 11 is 0. The molecular formula is C12H18N2O. The highest BCUT2D eigenvalue weighted by molar-refractivity contribution is 5.88. The van der Waals surface area contributed by atoms with E-state index in [0.717, 1.165) is 5.56 Å².